The van der Waals surface area contributed by atoms with Crippen molar-refractivity contribution in [3.63, 3.8) is 0 Å². The lowest BCUT2D eigenvalue weighted by molar-refractivity contribution is 0.866. The molecule has 0 atom stereocenters. The first-order valence-corrected chi connectivity index (χ1v) is 7.06. The zero-order chi connectivity index (χ0) is 14.8. The highest BCUT2D eigenvalue weighted by atomic mass is 15.1. The fourth-order valence-electron chi connectivity index (χ4n) is 1.87. The van der Waals surface area contributed by atoms with Crippen molar-refractivity contribution < 1.29 is 0 Å². The van der Waals surface area contributed by atoms with Crippen molar-refractivity contribution in [2.45, 2.75) is 13.8 Å². The lowest BCUT2D eigenvalue weighted by Crippen LogP contribution is -2.21. The third-order valence-corrected chi connectivity index (χ3v) is 3.06. The average Bonchev–Trinajstić information content (AvgIpc) is 2.51. The summed E-state index contributed by atoms with van der Waals surface area (Å²) in [7, 11) is 4.02. The molecule has 0 aliphatic heterocycles. The molecule has 0 spiro atoms. The van der Waals surface area contributed by atoms with Gasteiger partial charge in [-0.1, -0.05) is 18.2 Å². The van der Waals surface area contributed by atoms with Crippen molar-refractivity contribution in [3.05, 3.63) is 54.9 Å². The third kappa shape index (κ3) is 5.31. The summed E-state index contributed by atoms with van der Waals surface area (Å²) in [4.78, 5) is 8.28. The molecule has 0 fully saturated rings. The normalized spacial score (nSPS) is 9.40. The number of para-hydroxylation sites is 1. The molecule has 1 aromatic carbocycles. The van der Waals surface area contributed by atoms with Gasteiger partial charge in [-0.25, -0.2) is 0 Å². The van der Waals surface area contributed by atoms with E-state index in [1.165, 1.54) is 11.4 Å². The SMILES string of the molecule is CCN(CC)c1ccccc1.CN(C)c1ccncc1. The van der Waals surface area contributed by atoms with E-state index in [4.69, 9.17) is 0 Å². The Labute approximate surface area is 122 Å². The number of rotatable bonds is 4. The zero-order valence-electron chi connectivity index (χ0n) is 13.0. The molecule has 0 aliphatic carbocycles. The summed E-state index contributed by atoms with van der Waals surface area (Å²) in [5, 5.41) is 0. The summed E-state index contributed by atoms with van der Waals surface area (Å²) in [6.45, 7) is 6.52. The van der Waals surface area contributed by atoms with Crippen molar-refractivity contribution in [3.8, 4) is 0 Å². The highest BCUT2D eigenvalue weighted by Gasteiger charge is 1.97. The van der Waals surface area contributed by atoms with E-state index >= 15 is 0 Å². The first-order chi connectivity index (χ1) is 9.69. The Kier molecular flexibility index (Phi) is 7.18. The Morgan fingerprint density at radius 2 is 1.35 bits per heavy atom. The van der Waals surface area contributed by atoms with Gasteiger partial charge in [0.1, 0.15) is 0 Å². The van der Waals surface area contributed by atoms with Gasteiger partial charge in [-0.2, -0.15) is 0 Å². The van der Waals surface area contributed by atoms with E-state index in [1.807, 2.05) is 37.2 Å². The van der Waals surface area contributed by atoms with E-state index in [2.05, 4.69) is 48.0 Å². The third-order valence-electron chi connectivity index (χ3n) is 3.06. The molecule has 20 heavy (non-hydrogen) atoms. The van der Waals surface area contributed by atoms with Crippen LogP contribution < -0.4 is 9.80 Å². The molecular formula is C17H25N3. The zero-order valence-corrected chi connectivity index (χ0v) is 13.0. The Balaban J connectivity index is 0.000000204. The van der Waals surface area contributed by atoms with E-state index in [1.54, 1.807) is 12.4 Å². The van der Waals surface area contributed by atoms with E-state index in [0.717, 1.165) is 13.1 Å². The van der Waals surface area contributed by atoms with Gasteiger partial charge >= 0.3 is 0 Å². The molecule has 0 amide bonds. The number of hydrogen-bond acceptors (Lipinski definition) is 3. The van der Waals surface area contributed by atoms with Crippen LogP contribution in [0.5, 0.6) is 0 Å². The number of aromatic nitrogens is 1. The van der Waals surface area contributed by atoms with E-state index in [-0.39, 0.29) is 0 Å². The van der Waals surface area contributed by atoms with Crippen LogP contribution >= 0.6 is 0 Å². The molecule has 0 radical (unpaired) electrons. The van der Waals surface area contributed by atoms with Crippen molar-refractivity contribution in [2.24, 2.45) is 0 Å². The first-order valence-electron chi connectivity index (χ1n) is 7.06. The van der Waals surface area contributed by atoms with Crippen LogP contribution in [-0.4, -0.2) is 32.2 Å². The molecule has 0 saturated heterocycles. The fourth-order valence-corrected chi connectivity index (χ4v) is 1.87. The highest BCUT2D eigenvalue weighted by Crippen LogP contribution is 2.11. The molecule has 2 aromatic rings. The number of anilines is 2. The first kappa shape index (κ1) is 16.0. The Morgan fingerprint density at radius 3 is 1.75 bits per heavy atom. The molecule has 0 N–H and O–H groups in total. The maximum Gasteiger partial charge on any atom is 0.0391 e. The van der Waals surface area contributed by atoms with Gasteiger partial charge in [0, 0.05) is 51.0 Å². The molecule has 108 valence electrons. The lowest BCUT2D eigenvalue weighted by atomic mass is 10.3. The molecule has 3 nitrogen and oxygen atoms in total. The van der Waals surface area contributed by atoms with Gasteiger partial charge in [-0.05, 0) is 38.1 Å². The Morgan fingerprint density at radius 1 is 0.800 bits per heavy atom. The standard InChI is InChI=1S/C10H15N.C7H10N2/c1-3-11(4-2)10-8-6-5-7-9-10;1-9(2)7-3-5-8-6-4-7/h5-9H,3-4H2,1-2H3;3-6H,1-2H3. The molecule has 0 saturated carbocycles. The van der Waals surface area contributed by atoms with Crippen LogP contribution in [0.4, 0.5) is 11.4 Å². The van der Waals surface area contributed by atoms with Crippen molar-refractivity contribution in [1.29, 1.82) is 0 Å². The summed E-state index contributed by atoms with van der Waals surface area (Å²) >= 11 is 0. The predicted octanol–water partition coefficient (Wildman–Crippen LogP) is 3.68. The van der Waals surface area contributed by atoms with Gasteiger partial charge < -0.3 is 9.80 Å². The van der Waals surface area contributed by atoms with Crippen molar-refractivity contribution >= 4 is 11.4 Å². The topological polar surface area (TPSA) is 19.4 Å². The van der Waals surface area contributed by atoms with Crippen molar-refractivity contribution in [1.82, 2.24) is 4.98 Å². The molecule has 0 unspecified atom stereocenters. The molecule has 2 rings (SSSR count). The van der Waals surface area contributed by atoms with Gasteiger partial charge in [0.2, 0.25) is 0 Å². The number of nitrogens with zero attached hydrogens (tertiary/aromatic N) is 3. The number of benzene rings is 1. The van der Waals surface area contributed by atoms with Gasteiger partial charge in [0.25, 0.3) is 0 Å². The van der Waals surface area contributed by atoms with Crippen LogP contribution in [0.15, 0.2) is 54.9 Å². The van der Waals surface area contributed by atoms with Crippen LogP contribution in [0.1, 0.15) is 13.8 Å². The Hall–Kier alpha value is -2.03. The Bertz CT molecular complexity index is 450. The summed E-state index contributed by atoms with van der Waals surface area (Å²) in [5.74, 6) is 0. The van der Waals surface area contributed by atoms with E-state index in [0.29, 0.717) is 0 Å². The molecule has 0 aliphatic rings. The summed E-state index contributed by atoms with van der Waals surface area (Å²) < 4.78 is 0. The van der Waals surface area contributed by atoms with Crippen LogP contribution in [0.3, 0.4) is 0 Å². The van der Waals surface area contributed by atoms with Crippen LogP contribution in [-0.2, 0) is 0 Å². The molecule has 0 bridgehead atoms. The minimum Gasteiger partial charge on any atom is -0.378 e. The second kappa shape index (κ2) is 8.97. The van der Waals surface area contributed by atoms with Crippen LogP contribution in [0.2, 0.25) is 0 Å². The monoisotopic (exact) mass is 271 g/mol. The predicted molar refractivity (Wildman–Crippen MR) is 88.6 cm³/mol. The lowest BCUT2D eigenvalue weighted by Gasteiger charge is -2.20. The van der Waals surface area contributed by atoms with Crippen LogP contribution in [0.25, 0.3) is 0 Å². The molecule has 1 aromatic heterocycles. The second-order valence-electron chi connectivity index (χ2n) is 4.61. The maximum atomic E-state index is 3.90. The highest BCUT2D eigenvalue weighted by molar-refractivity contribution is 5.45. The maximum absolute atomic E-state index is 3.90. The smallest absolute Gasteiger partial charge is 0.0391 e. The summed E-state index contributed by atoms with van der Waals surface area (Å²) in [6, 6.07) is 14.4. The minimum atomic E-state index is 1.08. The van der Waals surface area contributed by atoms with Crippen LogP contribution in [0, 0.1) is 0 Å². The summed E-state index contributed by atoms with van der Waals surface area (Å²) in [5.41, 5.74) is 2.50. The molecule has 1 heterocycles. The minimum absolute atomic E-state index is 1.08. The van der Waals surface area contributed by atoms with Gasteiger partial charge in [0.15, 0.2) is 0 Å². The van der Waals surface area contributed by atoms with Crippen molar-refractivity contribution in [2.75, 3.05) is 37.0 Å². The number of pyridine rings is 1. The molecule has 3 heteroatoms. The molecular weight excluding hydrogens is 246 g/mol. The van der Waals surface area contributed by atoms with E-state index < -0.39 is 0 Å². The fraction of sp³-hybridized carbons (Fsp3) is 0.353. The average molecular weight is 271 g/mol. The largest absolute Gasteiger partial charge is 0.378 e. The second-order valence-corrected chi connectivity index (χ2v) is 4.61. The number of hydrogen-bond donors (Lipinski definition) is 0. The quantitative estimate of drug-likeness (QED) is 0.845. The van der Waals surface area contributed by atoms with Gasteiger partial charge in [-0.3, -0.25) is 4.98 Å². The van der Waals surface area contributed by atoms with Gasteiger partial charge in [0.05, 0.1) is 0 Å². The van der Waals surface area contributed by atoms with E-state index in [9.17, 15) is 0 Å². The van der Waals surface area contributed by atoms with Gasteiger partial charge in [-0.15, -0.1) is 0 Å². The summed E-state index contributed by atoms with van der Waals surface area (Å²) in [6.07, 6.45) is 3.57.